The summed E-state index contributed by atoms with van der Waals surface area (Å²) in [6.45, 7) is 7.76. The molecule has 0 radical (unpaired) electrons. The molecule has 3 aromatic rings. The van der Waals surface area contributed by atoms with Crippen molar-refractivity contribution in [1.82, 2.24) is 14.3 Å². The van der Waals surface area contributed by atoms with Crippen LogP contribution in [-0.4, -0.2) is 48.9 Å². The molecule has 1 aromatic heterocycles. The van der Waals surface area contributed by atoms with E-state index >= 15 is 0 Å². The molecule has 4 rings (SSSR count). The molecule has 8 heteroatoms. The molecule has 1 aliphatic heterocycles. The second-order valence-electron chi connectivity index (χ2n) is 8.50. The lowest BCUT2D eigenvalue weighted by Gasteiger charge is -2.35. The molecule has 0 spiro atoms. The van der Waals surface area contributed by atoms with Gasteiger partial charge in [0.1, 0.15) is 18.0 Å². The third-order valence-corrected chi connectivity index (χ3v) is 7.40. The van der Waals surface area contributed by atoms with E-state index in [1.54, 1.807) is 24.3 Å². The van der Waals surface area contributed by atoms with Gasteiger partial charge in [-0.3, -0.25) is 0 Å². The molecule has 158 valence electrons. The van der Waals surface area contributed by atoms with E-state index in [0.29, 0.717) is 47.8 Å². The molecule has 30 heavy (non-hydrogen) atoms. The van der Waals surface area contributed by atoms with Crippen LogP contribution in [0, 0.1) is 5.82 Å². The summed E-state index contributed by atoms with van der Waals surface area (Å²) in [6, 6.07) is 11.8. The van der Waals surface area contributed by atoms with Gasteiger partial charge in [-0.05, 0) is 35.2 Å². The Labute approximate surface area is 176 Å². The average molecular weight is 429 g/mol. The maximum Gasteiger partial charge on any atom is 0.243 e. The van der Waals surface area contributed by atoms with Gasteiger partial charge in [-0.1, -0.05) is 39.0 Å². The third-order valence-electron chi connectivity index (χ3n) is 5.49. The van der Waals surface area contributed by atoms with Crippen molar-refractivity contribution >= 4 is 26.7 Å². The Balaban J connectivity index is 1.54. The standard InChI is InChI=1S/C22H25FN4O2S/c1-22(2,3)16-7-9-17(10-8-16)30(28,29)27-13-11-26(12-14-27)21-20-18(23)5-4-6-19(20)24-15-25-21/h4-10,15H,11-14H2,1-3H3. The predicted molar refractivity (Wildman–Crippen MR) is 116 cm³/mol. The van der Waals surface area contributed by atoms with Crippen LogP contribution in [0.3, 0.4) is 0 Å². The van der Waals surface area contributed by atoms with Crippen LogP contribution in [0.25, 0.3) is 10.9 Å². The van der Waals surface area contributed by atoms with Crippen LogP contribution in [0.2, 0.25) is 0 Å². The fraction of sp³-hybridized carbons (Fsp3) is 0.364. The first-order valence-electron chi connectivity index (χ1n) is 9.93. The van der Waals surface area contributed by atoms with Gasteiger partial charge in [-0.2, -0.15) is 4.31 Å². The molecule has 0 bridgehead atoms. The molecule has 2 aromatic carbocycles. The summed E-state index contributed by atoms with van der Waals surface area (Å²) >= 11 is 0. The monoisotopic (exact) mass is 428 g/mol. The van der Waals surface area contributed by atoms with Crippen molar-refractivity contribution in [2.24, 2.45) is 0 Å². The summed E-state index contributed by atoms with van der Waals surface area (Å²) in [5, 5.41) is 0.370. The molecule has 1 saturated heterocycles. The second kappa shape index (κ2) is 7.59. The maximum absolute atomic E-state index is 14.4. The lowest BCUT2D eigenvalue weighted by molar-refractivity contribution is 0.384. The molecule has 1 fully saturated rings. The summed E-state index contributed by atoms with van der Waals surface area (Å²) in [7, 11) is -3.58. The van der Waals surface area contributed by atoms with E-state index in [4.69, 9.17) is 0 Å². The van der Waals surface area contributed by atoms with Crippen molar-refractivity contribution in [2.75, 3.05) is 31.1 Å². The highest BCUT2D eigenvalue weighted by Crippen LogP contribution is 2.28. The van der Waals surface area contributed by atoms with Crippen LogP contribution < -0.4 is 4.90 Å². The molecule has 0 unspecified atom stereocenters. The third kappa shape index (κ3) is 3.77. The summed E-state index contributed by atoms with van der Waals surface area (Å²) < 4.78 is 42.0. The molecule has 0 N–H and O–H groups in total. The Morgan fingerprint density at radius 3 is 2.23 bits per heavy atom. The Hall–Kier alpha value is -2.58. The van der Waals surface area contributed by atoms with Crippen molar-refractivity contribution in [3.05, 3.63) is 60.2 Å². The van der Waals surface area contributed by atoms with E-state index in [-0.39, 0.29) is 11.2 Å². The van der Waals surface area contributed by atoms with Gasteiger partial charge in [-0.15, -0.1) is 0 Å². The Kier molecular flexibility index (Phi) is 5.23. The average Bonchev–Trinajstić information content (AvgIpc) is 2.73. The lowest BCUT2D eigenvalue weighted by atomic mass is 9.87. The molecular weight excluding hydrogens is 403 g/mol. The van der Waals surface area contributed by atoms with E-state index in [1.807, 2.05) is 17.0 Å². The number of benzene rings is 2. The summed E-state index contributed by atoms with van der Waals surface area (Å²) in [5.41, 5.74) is 1.58. The Bertz CT molecular complexity index is 1160. The van der Waals surface area contributed by atoms with Crippen molar-refractivity contribution in [3.8, 4) is 0 Å². The molecule has 0 atom stereocenters. The molecule has 0 amide bonds. The van der Waals surface area contributed by atoms with Gasteiger partial charge in [0.05, 0.1) is 15.8 Å². The fourth-order valence-corrected chi connectivity index (χ4v) is 5.13. The van der Waals surface area contributed by atoms with Crippen LogP contribution in [0.15, 0.2) is 53.7 Å². The maximum atomic E-state index is 14.4. The first-order chi connectivity index (χ1) is 14.2. The number of piperazine rings is 1. The number of halogens is 1. The number of hydrogen-bond acceptors (Lipinski definition) is 5. The van der Waals surface area contributed by atoms with Gasteiger partial charge in [0, 0.05) is 26.2 Å². The van der Waals surface area contributed by atoms with Gasteiger partial charge in [0.15, 0.2) is 0 Å². The first kappa shape index (κ1) is 20.7. The molecular formula is C22H25FN4O2S. The van der Waals surface area contributed by atoms with Crippen molar-refractivity contribution in [3.63, 3.8) is 0 Å². The van der Waals surface area contributed by atoms with Crippen LogP contribution in [0.5, 0.6) is 0 Å². The molecule has 0 saturated carbocycles. The van der Waals surface area contributed by atoms with Gasteiger partial charge in [0.25, 0.3) is 0 Å². The summed E-state index contributed by atoms with van der Waals surface area (Å²) in [6.07, 6.45) is 1.41. The largest absolute Gasteiger partial charge is 0.353 e. The Morgan fingerprint density at radius 2 is 1.60 bits per heavy atom. The number of anilines is 1. The van der Waals surface area contributed by atoms with Gasteiger partial charge in [-0.25, -0.2) is 22.8 Å². The topological polar surface area (TPSA) is 66.4 Å². The quantitative estimate of drug-likeness (QED) is 0.638. The number of nitrogens with zero attached hydrogens (tertiary/aromatic N) is 4. The SMILES string of the molecule is CC(C)(C)c1ccc(S(=O)(=O)N2CCN(c3ncnc4cccc(F)c34)CC2)cc1. The molecule has 2 heterocycles. The second-order valence-corrected chi connectivity index (χ2v) is 10.4. The normalized spacial score (nSPS) is 16.2. The molecule has 1 aliphatic rings. The number of aromatic nitrogens is 2. The smallest absolute Gasteiger partial charge is 0.243 e. The van der Waals surface area contributed by atoms with E-state index in [0.717, 1.165) is 5.56 Å². The minimum atomic E-state index is -3.58. The first-order valence-corrected chi connectivity index (χ1v) is 11.4. The van der Waals surface area contributed by atoms with Crippen LogP contribution >= 0.6 is 0 Å². The highest BCUT2D eigenvalue weighted by Gasteiger charge is 2.30. The zero-order valence-corrected chi connectivity index (χ0v) is 18.2. The molecule has 6 nitrogen and oxygen atoms in total. The van der Waals surface area contributed by atoms with Gasteiger partial charge < -0.3 is 4.90 Å². The Morgan fingerprint density at radius 1 is 0.933 bits per heavy atom. The van der Waals surface area contributed by atoms with Gasteiger partial charge >= 0.3 is 0 Å². The summed E-state index contributed by atoms with van der Waals surface area (Å²) in [5.74, 6) is 0.127. The predicted octanol–water partition coefficient (Wildman–Crippen LogP) is 3.58. The van der Waals surface area contributed by atoms with Crippen LogP contribution in [0.1, 0.15) is 26.3 Å². The zero-order valence-electron chi connectivity index (χ0n) is 17.3. The minimum absolute atomic E-state index is 0.0382. The van der Waals surface area contributed by atoms with Gasteiger partial charge in [0.2, 0.25) is 10.0 Å². The highest BCUT2D eigenvalue weighted by atomic mass is 32.2. The van der Waals surface area contributed by atoms with Crippen molar-refractivity contribution in [1.29, 1.82) is 0 Å². The van der Waals surface area contributed by atoms with Crippen LogP contribution in [0.4, 0.5) is 10.2 Å². The minimum Gasteiger partial charge on any atom is -0.353 e. The van der Waals surface area contributed by atoms with E-state index in [2.05, 4.69) is 30.7 Å². The highest BCUT2D eigenvalue weighted by molar-refractivity contribution is 7.89. The number of hydrogen-bond donors (Lipinski definition) is 0. The number of fused-ring (bicyclic) bond motifs is 1. The van der Waals surface area contributed by atoms with Crippen molar-refractivity contribution in [2.45, 2.75) is 31.1 Å². The molecule has 0 aliphatic carbocycles. The summed E-state index contributed by atoms with van der Waals surface area (Å²) in [4.78, 5) is 10.6. The van der Waals surface area contributed by atoms with E-state index < -0.39 is 10.0 Å². The fourth-order valence-electron chi connectivity index (χ4n) is 3.71. The van der Waals surface area contributed by atoms with Crippen molar-refractivity contribution < 1.29 is 12.8 Å². The van der Waals surface area contributed by atoms with Crippen LogP contribution in [-0.2, 0) is 15.4 Å². The zero-order chi connectivity index (χ0) is 21.5. The van der Waals surface area contributed by atoms with E-state index in [9.17, 15) is 12.8 Å². The number of sulfonamides is 1. The number of rotatable bonds is 3. The lowest BCUT2D eigenvalue weighted by Crippen LogP contribution is -2.49. The van der Waals surface area contributed by atoms with E-state index in [1.165, 1.54) is 16.7 Å².